The fourth-order valence-corrected chi connectivity index (χ4v) is 3.20. The molecular weight excluding hydrogens is 330 g/mol. The number of fused-ring (bicyclic) bond motifs is 1. The molecule has 7 nitrogen and oxygen atoms in total. The summed E-state index contributed by atoms with van der Waals surface area (Å²) < 4.78 is 27.0. The molecule has 25 heavy (non-hydrogen) atoms. The third kappa shape index (κ3) is 2.90. The molecule has 0 radical (unpaired) electrons. The van der Waals surface area contributed by atoms with Crippen molar-refractivity contribution in [3.05, 3.63) is 41.2 Å². The van der Waals surface area contributed by atoms with Gasteiger partial charge in [-0.2, -0.15) is 5.53 Å². The van der Waals surface area contributed by atoms with Crippen LogP contribution >= 0.6 is 0 Å². The number of rotatable bonds is 2. The second kappa shape index (κ2) is 6.17. The van der Waals surface area contributed by atoms with Crippen molar-refractivity contribution in [1.82, 2.24) is 31.3 Å². The van der Waals surface area contributed by atoms with Gasteiger partial charge in [-0.25, -0.2) is 24.6 Å². The van der Waals surface area contributed by atoms with Crippen molar-refractivity contribution in [3.8, 4) is 11.4 Å². The summed E-state index contributed by atoms with van der Waals surface area (Å²) in [6, 6.07) is 3.01. The Balaban J connectivity index is 1.56. The standard InChI is InChI=1S/C16H18F2N6O/c1-8-14(22-23-21-8)16(25)24-5-4-12-13(7-24)20-15(19-12)10-3-2-9(17)6-11(10)18/h2-3,6,8,14,21-23H,4-5,7H2,1H3,(H,19,20). The van der Waals surface area contributed by atoms with E-state index in [2.05, 4.69) is 26.4 Å². The van der Waals surface area contributed by atoms with Gasteiger partial charge in [-0.3, -0.25) is 4.79 Å². The summed E-state index contributed by atoms with van der Waals surface area (Å²) in [5.41, 5.74) is 10.4. The highest BCUT2D eigenvalue weighted by atomic mass is 19.1. The van der Waals surface area contributed by atoms with Crippen LogP contribution in [-0.4, -0.2) is 39.4 Å². The van der Waals surface area contributed by atoms with Gasteiger partial charge in [0.2, 0.25) is 5.91 Å². The third-order valence-corrected chi connectivity index (χ3v) is 4.62. The number of hydrogen-bond donors (Lipinski definition) is 4. The Morgan fingerprint density at radius 3 is 2.88 bits per heavy atom. The van der Waals surface area contributed by atoms with E-state index >= 15 is 0 Å². The molecule has 1 amide bonds. The van der Waals surface area contributed by atoms with Crippen LogP contribution in [0, 0.1) is 11.6 Å². The van der Waals surface area contributed by atoms with Crippen molar-refractivity contribution < 1.29 is 13.6 Å². The number of nitrogens with zero attached hydrogens (tertiary/aromatic N) is 2. The SMILES string of the molecule is CC1NNNC1C(=O)N1CCc2nc(-c3ccc(F)cc3F)[nH]c2C1. The molecule has 0 saturated carbocycles. The first kappa shape index (κ1) is 16.1. The quantitative estimate of drug-likeness (QED) is 0.639. The number of carbonyl (C=O) groups is 1. The van der Waals surface area contributed by atoms with Gasteiger partial charge in [0.05, 0.1) is 23.5 Å². The molecule has 3 heterocycles. The zero-order chi connectivity index (χ0) is 17.6. The van der Waals surface area contributed by atoms with E-state index in [4.69, 9.17) is 0 Å². The van der Waals surface area contributed by atoms with Gasteiger partial charge in [0.1, 0.15) is 23.5 Å². The molecular formula is C16H18F2N6O. The Labute approximate surface area is 142 Å². The monoisotopic (exact) mass is 348 g/mol. The lowest BCUT2D eigenvalue weighted by Gasteiger charge is -2.29. The molecule has 2 aromatic rings. The lowest BCUT2D eigenvalue weighted by atomic mass is 10.1. The van der Waals surface area contributed by atoms with Gasteiger partial charge in [0.15, 0.2) is 0 Å². The number of hydrazine groups is 2. The Hall–Kier alpha value is -2.36. The minimum atomic E-state index is -0.667. The van der Waals surface area contributed by atoms with Gasteiger partial charge < -0.3 is 9.88 Å². The Morgan fingerprint density at radius 1 is 1.32 bits per heavy atom. The maximum Gasteiger partial charge on any atom is 0.243 e. The molecule has 1 aromatic carbocycles. The van der Waals surface area contributed by atoms with E-state index in [9.17, 15) is 13.6 Å². The normalized spacial score (nSPS) is 22.9. The Kier molecular flexibility index (Phi) is 3.98. The van der Waals surface area contributed by atoms with Crippen LogP contribution in [0.1, 0.15) is 18.3 Å². The van der Waals surface area contributed by atoms with Gasteiger partial charge >= 0.3 is 0 Å². The number of H-pyrrole nitrogens is 1. The summed E-state index contributed by atoms with van der Waals surface area (Å²) in [6.07, 6.45) is 0.586. The molecule has 132 valence electrons. The number of aromatic amines is 1. The summed E-state index contributed by atoms with van der Waals surface area (Å²) in [7, 11) is 0. The van der Waals surface area contributed by atoms with Gasteiger partial charge in [-0.05, 0) is 19.1 Å². The average Bonchev–Trinajstić information content (AvgIpc) is 3.19. The molecule has 1 saturated heterocycles. The Morgan fingerprint density at radius 2 is 2.16 bits per heavy atom. The zero-order valence-corrected chi connectivity index (χ0v) is 13.6. The van der Waals surface area contributed by atoms with Crippen molar-refractivity contribution in [3.63, 3.8) is 0 Å². The second-order valence-electron chi connectivity index (χ2n) is 6.32. The van der Waals surface area contributed by atoms with Crippen LogP contribution in [0.2, 0.25) is 0 Å². The molecule has 0 bridgehead atoms. The number of nitrogens with one attached hydrogen (secondary N) is 4. The molecule has 0 aliphatic carbocycles. The van der Waals surface area contributed by atoms with E-state index in [0.717, 1.165) is 17.5 Å². The van der Waals surface area contributed by atoms with Crippen molar-refractivity contribution >= 4 is 5.91 Å². The van der Waals surface area contributed by atoms with E-state index < -0.39 is 11.6 Å². The lowest BCUT2D eigenvalue weighted by molar-refractivity contribution is -0.134. The van der Waals surface area contributed by atoms with E-state index in [0.29, 0.717) is 25.3 Å². The molecule has 1 aromatic heterocycles. The molecule has 9 heteroatoms. The highest BCUT2D eigenvalue weighted by molar-refractivity contribution is 5.83. The molecule has 1 fully saturated rings. The predicted molar refractivity (Wildman–Crippen MR) is 85.7 cm³/mol. The van der Waals surface area contributed by atoms with Gasteiger partial charge in [-0.15, -0.1) is 0 Å². The number of imidazole rings is 1. The second-order valence-corrected chi connectivity index (χ2v) is 6.32. The number of aromatic nitrogens is 2. The summed E-state index contributed by atoms with van der Waals surface area (Å²) in [5.74, 6) is -0.956. The van der Waals surface area contributed by atoms with Crippen molar-refractivity contribution in [2.45, 2.75) is 32.0 Å². The van der Waals surface area contributed by atoms with Gasteiger partial charge in [0, 0.05) is 25.1 Å². The summed E-state index contributed by atoms with van der Waals surface area (Å²) in [6.45, 7) is 2.85. The van der Waals surface area contributed by atoms with E-state index in [1.54, 1.807) is 4.90 Å². The molecule has 2 unspecified atom stereocenters. The van der Waals surface area contributed by atoms with E-state index in [1.165, 1.54) is 12.1 Å². The third-order valence-electron chi connectivity index (χ3n) is 4.62. The van der Waals surface area contributed by atoms with Crippen molar-refractivity contribution in [2.24, 2.45) is 0 Å². The van der Waals surface area contributed by atoms with Crippen LogP contribution < -0.4 is 16.4 Å². The number of hydrogen-bond acceptors (Lipinski definition) is 5. The minimum absolute atomic E-state index is 0.0141. The van der Waals surface area contributed by atoms with Crippen LogP contribution in [-0.2, 0) is 17.8 Å². The first-order chi connectivity index (χ1) is 12.0. The molecule has 0 spiro atoms. The van der Waals surface area contributed by atoms with Gasteiger partial charge in [0.25, 0.3) is 0 Å². The summed E-state index contributed by atoms with van der Waals surface area (Å²) in [4.78, 5) is 21.9. The smallest absolute Gasteiger partial charge is 0.243 e. The van der Waals surface area contributed by atoms with Crippen molar-refractivity contribution in [2.75, 3.05) is 6.54 Å². The number of halogens is 2. The van der Waals surface area contributed by atoms with E-state index in [1.807, 2.05) is 6.92 Å². The largest absolute Gasteiger partial charge is 0.340 e. The van der Waals surface area contributed by atoms with Crippen LogP contribution in [0.5, 0.6) is 0 Å². The maximum absolute atomic E-state index is 14.0. The molecule has 2 aliphatic heterocycles. The van der Waals surface area contributed by atoms with Crippen molar-refractivity contribution in [1.29, 1.82) is 0 Å². The van der Waals surface area contributed by atoms with E-state index in [-0.39, 0.29) is 23.6 Å². The maximum atomic E-state index is 14.0. The Bertz CT molecular complexity index is 823. The van der Waals surface area contributed by atoms with Crippen LogP contribution in [0.25, 0.3) is 11.4 Å². The number of benzene rings is 1. The van der Waals surface area contributed by atoms with Crippen LogP contribution in [0.15, 0.2) is 18.2 Å². The fraction of sp³-hybridized carbons (Fsp3) is 0.375. The molecule has 4 N–H and O–H groups in total. The predicted octanol–water partition coefficient (Wildman–Crippen LogP) is 0.609. The first-order valence-electron chi connectivity index (χ1n) is 8.11. The number of amides is 1. The van der Waals surface area contributed by atoms with Gasteiger partial charge in [-0.1, -0.05) is 0 Å². The summed E-state index contributed by atoms with van der Waals surface area (Å²) in [5, 5.41) is 0. The highest BCUT2D eigenvalue weighted by Gasteiger charge is 2.34. The lowest BCUT2D eigenvalue weighted by Crippen LogP contribution is -2.50. The zero-order valence-electron chi connectivity index (χ0n) is 13.6. The molecule has 2 aliphatic rings. The summed E-state index contributed by atoms with van der Waals surface area (Å²) >= 11 is 0. The molecule has 4 rings (SSSR count). The number of carbonyl (C=O) groups excluding carboxylic acids is 1. The fourth-order valence-electron chi connectivity index (χ4n) is 3.20. The molecule has 2 atom stereocenters. The topological polar surface area (TPSA) is 85.1 Å². The first-order valence-corrected chi connectivity index (χ1v) is 8.11. The van der Waals surface area contributed by atoms with Crippen LogP contribution in [0.4, 0.5) is 8.78 Å². The van der Waals surface area contributed by atoms with Crippen LogP contribution in [0.3, 0.4) is 0 Å². The highest BCUT2D eigenvalue weighted by Crippen LogP contribution is 2.25. The average molecular weight is 348 g/mol. The minimum Gasteiger partial charge on any atom is -0.340 e.